The number of ether oxygens (including phenoxy) is 6. The summed E-state index contributed by atoms with van der Waals surface area (Å²) >= 11 is 0. The molecule has 1 aliphatic heterocycles. The van der Waals surface area contributed by atoms with Crippen molar-refractivity contribution >= 4 is 40.7 Å². The highest BCUT2D eigenvalue weighted by molar-refractivity contribution is 6.53. The van der Waals surface area contributed by atoms with Gasteiger partial charge < -0.3 is 54.6 Å². The third-order valence-electron chi connectivity index (χ3n) is 10.6. The van der Waals surface area contributed by atoms with Gasteiger partial charge in [-0.1, -0.05) is 6.07 Å². The Kier molecular flexibility index (Phi) is 10.3. The molecule has 1 saturated heterocycles. The zero-order valence-corrected chi connectivity index (χ0v) is 30.7. The first kappa shape index (κ1) is 39.7. The lowest BCUT2D eigenvalue weighted by molar-refractivity contribution is -0.228. The summed E-state index contributed by atoms with van der Waals surface area (Å²) in [6.07, 6.45) is -8.41. The Morgan fingerprint density at radius 2 is 1.69 bits per heavy atom. The minimum atomic E-state index is -3.27. The number of aromatic hydroxyl groups is 1. The molecule has 1 amide bonds. The fourth-order valence-corrected chi connectivity index (χ4v) is 8.28. The number of phenolic OH excluding ortho intramolecular Hbond substituents is 1. The lowest BCUT2D eigenvalue weighted by atomic mass is 9.56. The molecular weight excluding hydrogens is 728 g/mol. The van der Waals surface area contributed by atoms with Gasteiger partial charge in [-0.05, 0) is 38.0 Å². The van der Waals surface area contributed by atoms with Gasteiger partial charge in [-0.25, -0.2) is 4.79 Å². The molecule has 4 aliphatic rings. The van der Waals surface area contributed by atoms with E-state index in [1.54, 1.807) is 6.92 Å². The number of benzene rings is 2. The largest absolute Gasteiger partial charge is 0.506 e. The summed E-state index contributed by atoms with van der Waals surface area (Å²) in [4.78, 5) is 87.0. The van der Waals surface area contributed by atoms with E-state index in [0.29, 0.717) is 0 Å². The van der Waals surface area contributed by atoms with Gasteiger partial charge in [0.1, 0.15) is 35.4 Å². The maximum atomic E-state index is 15.0. The first-order chi connectivity index (χ1) is 26.0. The van der Waals surface area contributed by atoms with Crippen LogP contribution in [0, 0.1) is 6.92 Å². The molecule has 18 nitrogen and oxygen atoms in total. The number of carbonyl (C=O) groups excluding carboxylic acids is 6. The van der Waals surface area contributed by atoms with E-state index in [0.717, 1.165) is 13.2 Å². The number of Topliss-reactive ketones (excluding diaryl/α,β-unsaturated/α-hetero) is 4. The van der Waals surface area contributed by atoms with Crippen LogP contribution in [0.25, 0.3) is 0 Å². The van der Waals surface area contributed by atoms with Gasteiger partial charge in [-0.2, -0.15) is 0 Å². The van der Waals surface area contributed by atoms with Crippen LogP contribution in [0.1, 0.15) is 88.7 Å². The lowest BCUT2D eigenvalue weighted by Crippen LogP contribution is -2.73. The van der Waals surface area contributed by atoms with E-state index in [2.05, 4.69) is 4.99 Å². The Balaban J connectivity index is 1.59. The van der Waals surface area contributed by atoms with Crippen molar-refractivity contribution < 1.29 is 77.6 Å². The molecule has 6 N–H and O–H groups in total. The predicted molar refractivity (Wildman–Crippen MR) is 185 cm³/mol. The Labute approximate surface area is 313 Å². The van der Waals surface area contributed by atoms with E-state index >= 15 is 4.79 Å². The number of hydrogen-bond donors (Lipinski definition) is 5. The highest BCUT2D eigenvalue weighted by atomic mass is 16.6. The van der Waals surface area contributed by atoms with E-state index < -0.39 is 154 Å². The minimum Gasteiger partial charge on any atom is -0.506 e. The summed E-state index contributed by atoms with van der Waals surface area (Å²) in [5.74, 6) is -8.28. The topological polar surface area (TPSA) is 277 Å². The van der Waals surface area contributed by atoms with Crippen molar-refractivity contribution in [3.8, 4) is 11.5 Å². The molecule has 55 heavy (non-hydrogen) atoms. The van der Waals surface area contributed by atoms with Crippen LogP contribution >= 0.6 is 0 Å². The number of primary amides is 1. The number of aliphatic imine (C=N–C) groups is 1. The zero-order valence-electron chi connectivity index (χ0n) is 30.7. The van der Waals surface area contributed by atoms with Gasteiger partial charge in [0.2, 0.25) is 17.3 Å². The van der Waals surface area contributed by atoms with Crippen molar-refractivity contribution in [1.82, 2.24) is 0 Å². The number of aliphatic hydroxyl groups excluding tert-OH is 2. The molecule has 6 rings (SSSR count). The second kappa shape index (κ2) is 14.3. The molecule has 0 aromatic heterocycles. The van der Waals surface area contributed by atoms with Crippen molar-refractivity contribution in [2.75, 3.05) is 34.5 Å². The summed E-state index contributed by atoms with van der Waals surface area (Å²) in [7, 11) is 3.68. The maximum absolute atomic E-state index is 15.0. The van der Waals surface area contributed by atoms with Gasteiger partial charge in [0.15, 0.2) is 29.8 Å². The highest BCUT2D eigenvalue weighted by Gasteiger charge is 2.73. The van der Waals surface area contributed by atoms with Crippen LogP contribution in [-0.2, 0) is 40.5 Å². The van der Waals surface area contributed by atoms with E-state index in [1.165, 1.54) is 34.1 Å². The number of aliphatic hydroxyl groups is 3. The van der Waals surface area contributed by atoms with Crippen molar-refractivity contribution in [2.24, 2.45) is 10.7 Å². The normalized spacial score (nSPS) is 30.7. The molecule has 0 spiro atoms. The molecule has 2 aromatic carbocycles. The van der Waals surface area contributed by atoms with Gasteiger partial charge in [0.05, 0.1) is 42.6 Å². The SMILES string of the molecule is CCOC12C(=O)c3c(cc4c(c3O)C(=O)CC(=NC3OC(C)C(OC)C(O)C3OC)C4=O)C(=O)C1(O)c1c(cc(C)c(C(=O)OC)c1OCC(N)=O)CC2O. The van der Waals surface area contributed by atoms with E-state index in [-0.39, 0.29) is 16.7 Å². The number of amides is 1. The number of phenols is 1. The summed E-state index contributed by atoms with van der Waals surface area (Å²) in [5.41, 5.74) is -4.70. The van der Waals surface area contributed by atoms with Gasteiger partial charge >= 0.3 is 5.97 Å². The second-order valence-electron chi connectivity index (χ2n) is 13.6. The average molecular weight is 769 g/mol. The fraction of sp³-hybridized carbons (Fsp3) is 0.486. The van der Waals surface area contributed by atoms with Crippen LogP contribution < -0.4 is 10.5 Å². The molecule has 1 fully saturated rings. The number of rotatable bonds is 9. The van der Waals surface area contributed by atoms with E-state index in [9.17, 15) is 44.4 Å². The molecule has 8 unspecified atom stereocenters. The number of esters is 1. The molecule has 1 heterocycles. The van der Waals surface area contributed by atoms with Crippen LogP contribution in [0.2, 0.25) is 0 Å². The zero-order chi connectivity index (χ0) is 40.5. The van der Waals surface area contributed by atoms with E-state index in [4.69, 9.17) is 34.2 Å². The number of carbonyl (C=O) groups is 6. The average Bonchev–Trinajstić information content (AvgIpc) is 3.12. The lowest BCUT2D eigenvalue weighted by Gasteiger charge is -2.53. The number of methoxy groups -OCH3 is 3. The molecule has 3 aliphatic carbocycles. The number of hydrogen-bond acceptors (Lipinski definition) is 17. The molecule has 18 heteroatoms. The number of nitrogens with two attached hydrogens (primary N) is 1. The molecule has 0 bridgehead atoms. The van der Waals surface area contributed by atoms with Gasteiger partial charge in [-0.3, -0.25) is 29.0 Å². The standard InChI is InChI=1S/C37H40N2O16/c1-7-54-37-20(41)9-15-8-13(2)22(35(48)52-6)30(53-12-21(38)42)25(15)36(37,49)32(46)17-10-16-23(27(44)24(17)33(37)47)19(40)11-18(26(16)43)39-34-31(51-5)28(45)29(50-4)14(3)55-34/h8,10,14,20,28-29,31,34,41,44-45,49H,7,9,11-12H2,1-6H3,(H2,38,42). The first-order valence-electron chi connectivity index (χ1n) is 17.2. The second-order valence-corrected chi connectivity index (χ2v) is 13.6. The number of fused-ring (bicyclic) bond motifs is 5. The van der Waals surface area contributed by atoms with Gasteiger partial charge in [0.25, 0.3) is 5.91 Å². The highest BCUT2D eigenvalue weighted by Crippen LogP contribution is 2.57. The Bertz CT molecular complexity index is 2080. The minimum absolute atomic E-state index is 0.00899. The van der Waals surface area contributed by atoms with Gasteiger partial charge in [-0.15, -0.1) is 0 Å². The molecule has 8 atom stereocenters. The van der Waals surface area contributed by atoms with Crippen molar-refractivity contribution in [1.29, 1.82) is 0 Å². The Hall–Kier alpha value is -4.95. The number of nitrogens with zero attached hydrogens (tertiary/aromatic N) is 1. The smallest absolute Gasteiger partial charge is 0.341 e. The number of ketones is 4. The summed E-state index contributed by atoms with van der Waals surface area (Å²) in [5, 5.41) is 47.1. The van der Waals surface area contributed by atoms with Crippen LogP contribution in [0.5, 0.6) is 11.5 Å². The van der Waals surface area contributed by atoms with Crippen molar-refractivity contribution in [3.63, 3.8) is 0 Å². The van der Waals surface area contributed by atoms with E-state index in [1.807, 2.05) is 0 Å². The predicted octanol–water partition coefficient (Wildman–Crippen LogP) is -0.344. The molecule has 2 aromatic rings. The Morgan fingerprint density at radius 1 is 1.02 bits per heavy atom. The fourth-order valence-electron chi connectivity index (χ4n) is 8.28. The summed E-state index contributed by atoms with van der Waals surface area (Å²) < 4.78 is 33.0. The first-order valence-corrected chi connectivity index (χ1v) is 17.2. The molecule has 0 radical (unpaired) electrons. The number of aryl methyl sites for hydroxylation is 1. The third-order valence-corrected chi connectivity index (χ3v) is 10.6. The van der Waals surface area contributed by atoms with Crippen molar-refractivity contribution in [3.05, 3.63) is 56.6 Å². The van der Waals surface area contributed by atoms with Gasteiger partial charge in [0, 0.05) is 43.9 Å². The molecular formula is C37H40N2O16. The quantitative estimate of drug-likeness (QED) is 0.204. The Morgan fingerprint density at radius 3 is 2.29 bits per heavy atom. The monoisotopic (exact) mass is 768 g/mol. The van der Waals surface area contributed by atoms with Crippen LogP contribution in [0.4, 0.5) is 0 Å². The van der Waals surface area contributed by atoms with Crippen LogP contribution in [0.3, 0.4) is 0 Å². The van der Waals surface area contributed by atoms with Crippen LogP contribution in [0.15, 0.2) is 17.1 Å². The summed E-state index contributed by atoms with van der Waals surface area (Å²) in [6, 6.07) is 2.20. The third kappa shape index (κ3) is 5.62. The van der Waals surface area contributed by atoms with Crippen molar-refractivity contribution in [2.45, 2.75) is 81.6 Å². The summed E-state index contributed by atoms with van der Waals surface area (Å²) in [6.45, 7) is 3.19. The molecule has 0 saturated carbocycles. The molecule has 294 valence electrons. The maximum Gasteiger partial charge on any atom is 0.341 e. The van der Waals surface area contributed by atoms with Crippen LogP contribution in [-0.4, -0.2) is 138 Å².